The quantitative estimate of drug-likeness (QED) is 0.750. The monoisotopic (exact) mass is 378 g/mol. The van der Waals surface area contributed by atoms with E-state index in [9.17, 15) is 9.59 Å². The van der Waals surface area contributed by atoms with E-state index in [0.717, 1.165) is 11.3 Å². The number of imidazole rings is 1. The minimum atomic E-state index is -0.519. The van der Waals surface area contributed by atoms with Crippen LogP contribution in [0.3, 0.4) is 0 Å². The molecule has 0 radical (unpaired) electrons. The zero-order chi connectivity index (χ0) is 19.1. The minimum Gasteiger partial charge on any atom is -0.444 e. The summed E-state index contributed by atoms with van der Waals surface area (Å²) in [6, 6.07) is 1.69. The first-order chi connectivity index (χ1) is 12.2. The van der Waals surface area contributed by atoms with Gasteiger partial charge in [0.2, 0.25) is 0 Å². The molecule has 0 saturated carbocycles. The third-order valence-corrected chi connectivity index (χ3v) is 4.54. The Kier molecular flexibility index (Phi) is 4.84. The first-order valence-electron chi connectivity index (χ1n) is 8.56. The summed E-state index contributed by atoms with van der Waals surface area (Å²) in [7, 11) is 0. The van der Waals surface area contributed by atoms with Crippen LogP contribution in [0.2, 0.25) is 5.02 Å². The van der Waals surface area contributed by atoms with Crippen molar-refractivity contribution < 1.29 is 14.3 Å². The SMILES string of the molecule is CC(=O)c1cc(Cl)c2cncn2c1N1CCN(C(=O)OC(C)(C)C)CC1. The van der Waals surface area contributed by atoms with Gasteiger partial charge in [-0.25, -0.2) is 9.78 Å². The van der Waals surface area contributed by atoms with Gasteiger partial charge in [0, 0.05) is 26.2 Å². The zero-order valence-corrected chi connectivity index (χ0v) is 16.2. The number of amides is 1. The van der Waals surface area contributed by atoms with Crippen LogP contribution in [0.4, 0.5) is 10.6 Å². The van der Waals surface area contributed by atoms with Crippen LogP contribution in [0, 0.1) is 0 Å². The lowest BCUT2D eigenvalue weighted by Gasteiger charge is -2.37. The lowest BCUT2D eigenvalue weighted by atomic mass is 10.1. The molecule has 0 bridgehead atoms. The second-order valence-electron chi connectivity index (χ2n) is 7.39. The number of carbonyl (C=O) groups is 2. The number of nitrogens with zero attached hydrogens (tertiary/aromatic N) is 4. The van der Waals surface area contributed by atoms with Crippen molar-refractivity contribution in [3.63, 3.8) is 0 Å². The van der Waals surface area contributed by atoms with Gasteiger partial charge in [-0.1, -0.05) is 11.6 Å². The molecular formula is C18H23ClN4O3. The fourth-order valence-corrected chi connectivity index (χ4v) is 3.29. The van der Waals surface area contributed by atoms with E-state index in [1.165, 1.54) is 6.92 Å². The number of halogens is 1. The molecule has 3 heterocycles. The van der Waals surface area contributed by atoms with E-state index in [-0.39, 0.29) is 11.9 Å². The van der Waals surface area contributed by atoms with Crippen LogP contribution in [0.1, 0.15) is 38.1 Å². The standard InChI is InChI=1S/C18H23ClN4O3/c1-12(24)13-9-14(19)15-10-20-11-23(15)16(13)21-5-7-22(8-6-21)17(25)26-18(2,3)4/h9-11H,5-8H2,1-4H3. The number of rotatable bonds is 2. The molecule has 0 atom stereocenters. The van der Waals surface area contributed by atoms with Gasteiger partial charge in [-0.2, -0.15) is 0 Å². The maximum Gasteiger partial charge on any atom is 0.410 e. The Morgan fingerprint density at radius 2 is 1.85 bits per heavy atom. The van der Waals surface area contributed by atoms with E-state index >= 15 is 0 Å². The number of hydrogen-bond acceptors (Lipinski definition) is 5. The third kappa shape index (κ3) is 3.62. The number of Topliss-reactive ketones (excluding diaryl/α,β-unsaturated/α-hetero) is 1. The van der Waals surface area contributed by atoms with E-state index in [1.807, 2.05) is 25.2 Å². The largest absolute Gasteiger partial charge is 0.444 e. The van der Waals surface area contributed by atoms with Gasteiger partial charge in [-0.05, 0) is 33.8 Å². The minimum absolute atomic E-state index is 0.0629. The van der Waals surface area contributed by atoms with Crippen molar-refractivity contribution in [3.05, 3.63) is 29.2 Å². The van der Waals surface area contributed by atoms with E-state index in [4.69, 9.17) is 16.3 Å². The summed E-state index contributed by atoms with van der Waals surface area (Å²) >= 11 is 6.28. The molecule has 1 saturated heterocycles. The van der Waals surface area contributed by atoms with Gasteiger partial charge < -0.3 is 14.5 Å². The Morgan fingerprint density at radius 3 is 2.42 bits per heavy atom. The topological polar surface area (TPSA) is 67.2 Å². The fourth-order valence-electron chi connectivity index (χ4n) is 3.04. The van der Waals surface area contributed by atoms with Gasteiger partial charge >= 0.3 is 6.09 Å². The molecule has 1 fully saturated rings. The number of carbonyl (C=O) groups excluding carboxylic acids is 2. The van der Waals surface area contributed by atoms with E-state index in [2.05, 4.69) is 9.88 Å². The number of hydrogen-bond donors (Lipinski definition) is 0. The number of ether oxygens (including phenoxy) is 1. The van der Waals surface area contributed by atoms with Gasteiger partial charge in [-0.3, -0.25) is 9.20 Å². The predicted molar refractivity (Wildman–Crippen MR) is 100 cm³/mol. The average molecular weight is 379 g/mol. The number of ketones is 1. The zero-order valence-electron chi connectivity index (χ0n) is 15.5. The van der Waals surface area contributed by atoms with Crippen LogP contribution in [-0.2, 0) is 4.74 Å². The fraction of sp³-hybridized carbons (Fsp3) is 0.500. The van der Waals surface area contributed by atoms with Gasteiger partial charge in [-0.15, -0.1) is 0 Å². The molecule has 0 unspecified atom stereocenters. The van der Waals surface area contributed by atoms with Crippen LogP contribution >= 0.6 is 11.6 Å². The summed E-state index contributed by atoms with van der Waals surface area (Å²) in [4.78, 5) is 32.3. The van der Waals surface area contributed by atoms with Crippen molar-refractivity contribution in [1.29, 1.82) is 0 Å². The smallest absolute Gasteiger partial charge is 0.410 e. The van der Waals surface area contributed by atoms with Crippen molar-refractivity contribution in [2.45, 2.75) is 33.3 Å². The van der Waals surface area contributed by atoms with Crippen molar-refractivity contribution in [3.8, 4) is 0 Å². The van der Waals surface area contributed by atoms with Crippen molar-refractivity contribution in [1.82, 2.24) is 14.3 Å². The van der Waals surface area contributed by atoms with Crippen LogP contribution in [0.15, 0.2) is 18.6 Å². The summed E-state index contributed by atoms with van der Waals surface area (Å²) in [5.74, 6) is 0.699. The molecule has 26 heavy (non-hydrogen) atoms. The van der Waals surface area contributed by atoms with E-state index < -0.39 is 5.60 Å². The first-order valence-corrected chi connectivity index (χ1v) is 8.93. The Morgan fingerprint density at radius 1 is 1.19 bits per heavy atom. The molecule has 0 aromatic carbocycles. The average Bonchev–Trinajstić information content (AvgIpc) is 3.03. The summed E-state index contributed by atoms with van der Waals surface area (Å²) < 4.78 is 7.27. The highest BCUT2D eigenvalue weighted by atomic mass is 35.5. The lowest BCUT2D eigenvalue weighted by molar-refractivity contribution is 0.0240. The van der Waals surface area contributed by atoms with Crippen molar-refractivity contribution >= 4 is 34.8 Å². The first kappa shape index (κ1) is 18.5. The number of anilines is 1. The molecule has 2 aromatic heterocycles. The highest BCUT2D eigenvalue weighted by Gasteiger charge is 2.28. The van der Waals surface area contributed by atoms with Gasteiger partial charge in [0.15, 0.2) is 5.78 Å². The summed E-state index contributed by atoms with van der Waals surface area (Å²) in [6.45, 7) is 9.30. The van der Waals surface area contributed by atoms with Gasteiger partial charge in [0.25, 0.3) is 0 Å². The maximum atomic E-state index is 12.2. The molecule has 140 valence electrons. The molecule has 1 amide bonds. The molecule has 0 N–H and O–H groups in total. The number of piperazine rings is 1. The molecule has 8 heteroatoms. The second-order valence-corrected chi connectivity index (χ2v) is 7.80. The van der Waals surface area contributed by atoms with Crippen LogP contribution in [0.25, 0.3) is 5.52 Å². The summed E-state index contributed by atoms with van der Waals surface area (Å²) in [5.41, 5.74) is 0.780. The second kappa shape index (κ2) is 6.79. The number of fused-ring (bicyclic) bond motifs is 1. The van der Waals surface area contributed by atoms with Crippen LogP contribution in [0.5, 0.6) is 0 Å². The number of pyridine rings is 1. The van der Waals surface area contributed by atoms with Gasteiger partial charge in [0.1, 0.15) is 17.7 Å². The molecule has 3 rings (SSSR count). The molecule has 7 nitrogen and oxygen atoms in total. The Bertz CT molecular complexity index is 848. The summed E-state index contributed by atoms with van der Waals surface area (Å²) in [5, 5.41) is 0.490. The predicted octanol–water partition coefficient (Wildman–Crippen LogP) is 3.25. The molecule has 1 aliphatic rings. The molecule has 0 aliphatic carbocycles. The maximum absolute atomic E-state index is 12.2. The van der Waals surface area contributed by atoms with Gasteiger partial charge in [0.05, 0.1) is 22.3 Å². The summed E-state index contributed by atoms with van der Waals surface area (Å²) in [6.07, 6.45) is 3.02. The third-order valence-electron chi connectivity index (χ3n) is 4.23. The normalized spacial score (nSPS) is 15.4. The highest BCUT2D eigenvalue weighted by molar-refractivity contribution is 6.34. The lowest BCUT2D eigenvalue weighted by Crippen LogP contribution is -2.50. The molecule has 2 aromatic rings. The Balaban J connectivity index is 1.85. The van der Waals surface area contributed by atoms with Crippen LogP contribution < -0.4 is 4.90 Å². The van der Waals surface area contributed by atoms with E-state index in [1.54, 1.807) is 23.5 Å². The van der Waals surface area contributed by atoms with Crippen LogP contribution in [-0.4, -0.2) is 57.9 Å². The molecule has 0 spiro atoms. The Labute approximate surface area is 157 Å². The molecule has 1 aliphatic heterocycles. The Hall–Kier alpha value is -2.28. The van der Waals surface area contributed by atoms with Crippen molar-refractivity contribution in [2.75, 3.05) is 31.1 Å². The molecular weight excluding hydrogens is 356 g/mol. The number of aromatic nitrogens is 2. The highest BCUT2D eigenvalue weighted by Crippen LogP contribution is 2.30. The van der Waals surface area contributed by atoms with Crippen molar-refractivity contribution in [2.24, 2.45) is 0 Å². The van der Waals surface area contributed by atoms with E-state index in [0.29, 0.717) is 36.8 Å².